The van der Waals surface area contributed by atoms with Gasteiger partial charge < -0.3 is 15.0 Å². The summed E-state index contributed by atoms with van der Waals surface area (Å²) >= 11 is 0. The summed E-state index contributed by atoms with van der Waals surface area (Å²) in [4.78, 5) is 27.9. The number of carboxylic acid groups (broad SMARTS) is 1. The molecule has 1 fully saturated rings. The van der Waals surface area contributed by atoms with Crippen LogP contribution in [0.15, 0.2) is 12.4 Å². The lowest BCUT2D eigenvalue weighted by atomic mass is 9.98. The van der Waals surface area contributed by atoms with Crippen molar-refractivity contribution in [3.05, 3.63) is 23.5 Å². The van der Waals surface area contributed by atoms with Gasteiger partial charge in [-0.3, -0.25) is 4.79 Å². The number of hydrogen-bond acceptors (Lipinski definition) is 2. The highest BCUT2D eigenvalue weighted by atomic mass is 16.4. The van der Waals surface area contributed by atoms with E-state index in [0.717, 1.165) is 12.0 Å². The predicted molar refractivity (Wildman–Crippen MR) is 61.8 cm³/mol. The Bertz CT molecular complexity index is 466. The van der Waals surface area contributed by atoms with Gasteiger partial charge in [0.05, 0.1) is 5.56 Å². The molecule has 0 radical (unpaired) electrons. The molecule has 1 unspecified atom stereocenters. The summed E-state index contributed by atoms with van der Waals surface area (Å²) in [6.07, 6.45) is 4.61. The number of rotatable bonds is 2. The van der Waals surface area contributed by atoms with E-state index in [1.807, 2.05) is 6.92 Å². The van der Waals surface area contributed by atoms with Gasteiger partial charge in [-0.25, -0.2) is 4.79 Å². The predicted octanol–water partition coefficient (Wildman–Crippen LogP) is 1.40. The van der Waals surface area contributed by atoms with Gasteiger partial charge >= 0.3 is 5.97 Å². The van der Waals surface area contributed by atoms with Crippen LogP contribution in [0.25, 0.3) is 0 Å². The lowest BCUT2D eigenvalue weighted by molar-refractivity contribution is -0.147. The van der Waals surface area contributed by atoms with Gasteiger partial charge in [-0.2, -0.15) is 0 Å². The van der Waals surface area contributed by atoms with E-state index >= 15 is 0 Å². The molecule has 1 saturated heterocycles. The highest BCUT2D eigenvalue weighted by molar-refractivity contribution is 5.99. The summed E-state index contributed by atoms with van der Waals surface area (Å²) in [5.74, 6) is -1.14. The fraction of sp³-hybridized carbons (Fsp3) is 0.500. The van der Waals surface area contributed by atoms with Gasteiger partial charge in [0.2, 0.25) is 0 Å². The van der Waals surface area contributed by atoms with Gasteiger partial charge in [-0.15, -0.1) is 0 Å². The van der Waals surface area contributed by atoms with Crippen molar-refractivity contribution in [2.75, 3.05) is 6.54 Å². The highest BCUT2D eigenvalue weighted by Gasteiger charge is 2.46. The van der Waals surface area contributed by atoms with Crippen LogP contribution in [-0.2, 0) is 4.79 Å². The number of carbonyl (C=O) groups is 2. The van der Waals surface area contributed by atoms with Crippen LogP contribution >= 0.6 is 0 Å². The van der Waals surface area contributed by atoms with Crippen molar-refractivity contribution in [1.29, 1.82) is 0 Å². The molecule has 0 saturated carbocycles. The fourth-order valence-electron chi connectivity index (χ4n) is 2.33. The molecule has 5 heteroatoms. The van der Waals surface area contributed by atoms with Crippen LogP contribution in [-0.4, -0.2) is 39.0 Å². The molecule has 1 aromatic heterocycles. The van der Waals surface area contributed by atoms with Crippen molar-refractivity contribution in [3.8, 4) is 0 Å². The number of nitrogens with one attached hydrogen (secondary N) is 1. The Hall–Kier alpha value is -1.78. The maximum Gasteiger partial charge on any atom is 0.329 e. The van der Waals surface area contributed by atoms with Crippen molar-refractivity contribution >= 4 is 11.9 Å². The van der Waals surface area contributed by atoms with E-state index in [2.05, 4.69) is 4.98 Å². The van der Waals surface area contributed by atoms with Crippen molar-refractivity contribution < 1.29 is 14.7 Å². The third kappa shape index (κ3) is 1.71. The zero-order chi connectivity index (χ0) is 12.6. The third-order valence-corrected chi connectivity index (χ3v) is 3.53. The number of aromatic amines is 1. The molecular weight excluding hydrogens is 220 g/mol. The monoisotopic (exact) mass is 236 g/mol. The Balaban J connectivity index is 2.32. The van der Waals surface area contributed by atoms with Crippen molar-refractivity contribution in [3.63, 3.8) is 0 Å². The summed E-state index contributed by atoms with van der Waals surface area (Å²) in [6, 6.07) is 0. The normalized spacial score (nSPS) is 24.0. The van der Waals surface area contributed by atoms with Gasteiger partial charge in [0, 0.05) is 18.9 Å². The second kappa shape index (κ2) is 3.91. The van der Waals surface area contributed by atoms with Crippen LogP contribution < -0.4 is 0 Å². The SMILES string of the molecule is Cc1c[nH]cc1C(=O)N1CCCC1(C)C(=O)O. The summed E-state index contributed by atoms with van der Waals surface area (Å²) in [6.45, 7) is 3.95. The Morgan fingerprint density at radius 2 is 2.18 bits per heavy atom. The van der Waals surface area contributed by atoms with Crippen LogP contribution in [0.5, 0.6) is 0 Å². The van der Waals surface area contributed by atoms with E-state index in [-0.39, 0.29) is 5.91 Å². The molecule has 1 aromatic rings. The number of aliphatic carboxylic acids is 1. The Morgan fingerprint density at radius 3 is 2.71 bits per heavy atom. The average molecular weight is 236 g/mol. The van der Waals surface area contributed by atoms with Crippen LogP contribution in [0, 0.1) is 6.92 Å². The number of carbonyl (C=O) groups excluding carboxylic acids is 1. The minimum atomic E-state index is -1.07. The highest BCUT2D eigenvalue weighted by Crippen LogP contribution is 2.31. The number of aryl methyl sites for hydroxylation is 1. The van der Waals surface area contributed by atoms with E-state index in [9.17, 15) is 14.7 Å². The number of amides is 1. The molecule has 1 aliphatic heterocycles. The summed E-state index contributed by atoms with van der Waals surface area (Å²) in [5.41, 5.74) is 0.329. The quantitative estimate of drug-likeness (QED) is 0.815. The second-order valence-electron chi connectivity index (χ2n) is 4.69. The number of carboxylic acids is 1. The van der Waals surface area contributed by atoms with E-state index < -0.39 is 11.5 Å². The largest absolute Gasteiger partial charge is 0.480 e. The van der Waals surface area contributed by atoms with E-state index in [1.54, 1.807) is 19.3 Å². The molecule has 0 bridgehead atoms. The van der Waals surface area contributed by atoms with Crippen LogP contribution in [0.2, 0.25) is 0 Å². The molecule has 17 heavy (non-hydrogen) atoms. The first kappa shape index (κ1) is 11.7. The molecule has 1 atom stereocenters. The summed E-state index contributed by atoms with van der Waals surface area (Å²) in [5, 5.41) is 9.26. The molecule has 0 spiro atoms. The molecular formula is C12H16N2O3. The molecule has 1 aliphatic rings. The molecule has 2 heterocycles. The maximum atomic E-state index is 12.3. The lowest BCUT2D eigenvalue weighted by Crippen LogP contribution is -2.50. The summed E-state index contributed by atoms with van der Waals surface area (Å²) < 4.78 is 0. The average Bonchev–Trinajstić information content (AvgIpc) is 2.84. The molecule has 92 valence electrons. The van der Waals surface area contributed by atoms with E-state index in [4.69, 9.17) is 0 Å². The topological polar surface area (TPSA) is 73.4 Å². The lowest BCUT2D eigenvalue weighted by Gasteiger charge is -2.31. The second-order valence-corrected chi connectivity index (χ2v) is 4.69. The zero-order valence-electron chi connectivity index (χ0n) is 9.99. The number of hydrogen-bond donors (Lipinski definition) is 2. The van der Waals surface area contributed by atoms with Crippen LogP contribution in [0.1, 0.15) is 35.7 Å². The first-order valence-electron chi connectivity index (χ1n) is 5.65. The molecule has 0 aliphatic carbocycles. The van der Waals surface area contributed by atoms with E-state index in [0.29, 0.717) is 18.5 Å². The number of likely N-dealkylation sites (tertiary alicyclic amines) is 1. The Kier molecular flexibility index (Phi) is 2.69. The maximum absolute atomic E-state index is 12.3. The van der Waals surface area contributed by atoms with Crippen LogP contribution in [0.4, 0.5) is 0 Å². The first-order valence-corrected chi connectivity index (χ1v) is 5.65. The Morgan fingerprint density at radius 1 is 1.47 bits per heavy atom. The summed E-state index contributed by atoms with van der Waals surface area (Å²) in [7, 11) is 0. The van der Waals surface area contributed by atoms with Crippen LogP contribution in [0.3, 0.4) is 0 Å². The van der Waals surface area contributed by atoms with Gasteiger partial charge in [0.1, 0.15) is 5.54 Å². The smallest absolute Gasteiger partial charge is 0.329 e. The standard InChI is InChI=1S/C12H16N2O3/c1-8-6-13-7-9(8)10(15)14-5-3-4-12(14,2)11(16)17/h6-7,13H,3-5H2,1-2H3,(H,16,17). The minimum Gasteiger partial charge on any atom is -0.480 e. The van der Waals surface area contributed by atoms with Gasteiger partial charge in [0.15, 0.2) is 0 Å². The number of H-pyrrole nitrogens is 1. The van der Waals surface area contributed by atoms with E-state index in [1.165, 1.54) is 4.90 Å². The van der Waals surface area contributed by atoms with Crippen molar-refractivity contribution in [2.24, 2.45) is 0 Å². The number of nitrogens with zero attached hydrogens (tertiary/aromatic N) is 1. The van der Waals surface area contributed by atoms with Crippen molar-refractivity contribution in [2.45, 2.75) is 32.2 Å². The Labute approximate surface area is 99.4 Å². The molecule has 5 nitrogen and oxygen atoms in total. The van der Waals surface area contributed by atoms with Gasteiger partial charge in [-0.05, 0) is 32.3 Å². The molecule has 2 rings (SSSR count). The third-order valence-electron chi connectivity index (χ3n) is 3.53. The minimum absolute atomic E-state index is 0.203. The fourth-order valence-corrected chi connectivity index (χ4v) is 2.33. The van der Waals surface area contributed by atoms with Gasteiger partial charge in [0.25, 0.3) is 5.91 Å². The van der Waals surface area contributed by atoms with Crippen molar-refractivity contribution in [1.82, 2.24) is 9.88 Å². The first-order chi connectivity index (χ1) is 7.97. The zero-order valence-corrected chi connectivity index (χ0v) is 9.99. The molecule has 1 amide bonds. The number of aromatic nitrogens is 1. The molecule has 2 N–H and O–H groups in total. The van der Waals surface area contributed by atoms with Gasteiger partial charge in [-0.1, -0.05) is 0 Å². The molecule has 0 aromatic carbocycles.